The van der Waals surface area contributed by atoms with E-state index in [9.17, 15) is 15.3 Å². The molecule has 0 saturated carbocycles. The fourth-order valence-electron chi connectivity index (χ4n) is 3.43. The van der Waals surface area contributed by atoms with Crippen molar-refractivity contribution < 1.29 is 20.1 Å². The van der Waals surface area contributed by atoms with Gasteiger partial charge in [-0.2, -0.15) is 0 Å². The van der Waals surface area contributed by atoms with Crippen molar-refractivity contribution in [3.8, 4) is 11.8 Å². The Morgan fingerprint density at radius 2 is 2.00 bits per heavy atom. The third-order valence-corrected chi connectivity index (χ3v) is 4.94. The van der Waals surface area contributed by atoms with Crippen molar-refractivity contribution >= 4 is 16.9 Å². The molecule has 8 heteroatoms. The molecule has 1 fully saturated rings. The van der Waals surface area contributed by atoms with Gasteiger partial charge in [0.2, 0.25) is 0 Å². The van der Waals surface area contributed by atoms with Gasteiger partial charge >= 0.3 is 0 Å². The van der Waals surface area contributed by atoms with E-state index in [1.165, 1.54) is 13.3 Å². The van der Waals surface area contributed by atoms with E-state index in [-0.39, 0.29) is 5.82 Å². The van der Waals surface area contributed by atoms with Gasteiger partial charge in [-0.1, -0.05) is 30.0 Å². The molecule has 1 saturated heterocycles. The first-order valence-electron chi connectivity index (χ1n) is 8.78. The molecule has 3 aromatic rings. The lowest BCUT2D eigenvalue weighted by atomic mass is 9.96. The highest BCUT2D eigenvalue weighted by molar-refractivity contribution is 5.92. The number of rotatable bonds is 2. The predicted molar refractivity (Wildman–Crippen MR) is 102 cm³/mol. The summed E-state index contributed by atoms with van der Waals surface area (Å²) >= 11 is 0. The van der Waals surface area contributed by atoms with Crippen LogP contribution in [0, 0.1) is 11.8 Å². The second kappa shape index (κ2) is 6.89. The second-order valence-corrected chi connectivity index (χ2v) is 6.90. The van der Waals surface area contributed by atoms with Crippen molar-refractivity contribution in [1.29, 1.82) is 0 Å². The summed E-state index contributed by atoms with van der Waals surface area (Å²) < 4.78 is 7.28. The van der Waals surface area contributed by atoms with Gasteiger partial charge in [0.05, 0.1) is 17.6 Å². The van der Waals surface area contributed by atoms with Crippen LogP contribution in [0.1, 0.15) is 24.3 Å². The minimum atomic E-state index is -1.65. The van der Waals surface area contributed by atoms with Crippen LogP contribution in [0.5, 0.6) is 0 Å². The molecule has 4 rings (SSSR count). The van der Waals surface area contributed by atoms with Gasteiger partial charge in [0.25, 0.3) is 0 Å². The molecule has 3 heterocycles. The van der Waals surface area contributed by atoms with Gasteiger partial charge in [-0.15, -0.1) is 0 Å². The van der Waals surface area contributed by atoms with E-state index in [0.29, 0.717) is 16.6 Å². The fourth-order valence-corrected chi connectivity index (χ4v) is 3.43. The van der Waals surface area contributed by atoms with E-state index in [1.807, 2.05) is 30.3 Å². The molecule has 28 heavy (non-hydrogen) atoms. The molecule has 0 aliphatic carbocycles. The summed E-state index contributed by atoms with van der Waals surface area (Å²) in [5.41, 5.74) is 6.23. The van der Waals surface area contributed by atoms with Crippen molar-refractivity contribution in [1.82, 2.24) is 14.5 Å². The third-order valence-electron chi connectivity index (χ3n) is 4.94. The Balaban J connectivity index is 1.85. The van der Waals surface area contributed by atoms with Crippen LogP contribution in [0.3, 0.4) is 0 Å². The molecule has 5 N–H and O–H groups in total. The van der Waals surface area contributed by atoms with Gasteiger partial charge in [0.15, 0.2) is 6.23 Å². The minimum Gasteiger partial charge on any atom is -0.394 e. The highest BCUT2D eigenvalue weighted by atomic mass is 16.6. The van der Waals surface area contributed by atoms with E-state index in [1.54, 1.807) is 10.8 Å². The van der Waals surface area contributed by atoms with E-state index in [4.69, 9.17) is 10.5 Å². The number of aliphatic hydroxyl groups excluding tert-OH is 2. The Morgan fingerprint density at radius 1 is 1.25 bits per heavy atom. The number of hydrogen-bond donors (Lipinski definition) is 4. The molecule has 1 aromatic carbocycles. The quantitative estimate of drug-likeness (QED) is 0.475. The van der Waals surface area contributed by atoms with Gasteiger partial charge in [-0.25, -0.2) is 9.97 Å². The molecule has 0 amide bonds. The smallest absolute Gasteiger partial charge is 0.167 e. The molecule has 144 valence electrons. The van der Waals surface area contributed by atoms with Crippen molar-refractivity contribution in [2.24, 2.45) is 0 Å². The predicted octanol–water partition coefficient (Wildman–Crippen LogP) is 0.415. The maximum absolute atomic E-state index is 10.8. The van der Waals surface area contributed by atoms with Crippen molar-refractivity contribution in [3.05, 3.63) is 54.0 Å². The summed E-state index contributed by atoms with van der Waals surface area (Å²) in [6, 6.07) is 9.47. The molecule has 0 spiro atoms. The Bertz CT molecular complexity index is 1070. The summed E-state index contributed by atoms with van der Waals surface area (Å²) in [5.74, 6) is 6.39. The first-order chi connectivity index (χ1) is 13.4. The number of aromatic nitrogens is 3. The number of nitrogens with two attached hydrogens (primary N) is 1. The second-order valence-electron chi connectivity index (χ2n) is 6.90. The number of fused-ring (bicyclic) bond motifs is 1. The largest absolute Gasteiger partial charge is 0.394 e. The molecule has 1 aliphatic rings. The Labute approximate surface area is 161 Å². The molecule has 2 aromatic heterocycles. The summed E-state index contributed by atoms with van der Waals surface area (Å²) in [6.07, 6.45) is -0.194. The third kappa shape index (κ3) is 2.91. The summed E-state index contributed by atoms with van der Waals surface area (Å²) in [5, 5.41) is 31.1. The lowest BCUT2D eigenvalue weighted by Crippen LogP contribution is -2.44. The van der Waals surface area contributed by atoms with Gasteiger partial charge in [0, 0.05) is 11.8 Å². The molecular formula is C20H20N4O4. The molecule has 1 aliphatic heterocycles. The highest BCUT2D eigenvalue weighted by Crippen LogP contribution is 2.40. The Morgan fingerprint density at radius 3 is 2.68 bits per heavy atom. The number of aliphatic hydroxyl groups is 3. The average Bonchev–Trinajstić information content (AvgIpc) is 3.17. The van der Waals surface area contributed by atoms with E-state index < -0.39 is 30.6 Å². The average molecular weight is 380 g/mol. The van der Waals surface area contributed by atoms with E-state index in [2.05, 4.69) is 21.8 Å². The lowest BCUT2D eigenvalue weighted by Gasteiger charge is -2.27. The number of hydrogen-bond acceptors (Lipinski definition) is 7. The van der Waals surface area contributed by atoms with Gasteiger partial charge in [0.1, 0.15) is 35.6 Å². The van der Waals surface area contributed by atoms with Crippen molar-refractivity contribution in [2.45, 2.75) is 31.0 Å². The van der Waals surface area contributed by atoms with Crippen molar-refractivity contribution in [3.63, 3.8) is 0 Å². The SMILES string of the molecule is C[C@]1(O)C(n2cc(C#Cc3ccccc3)c3c(N)ncnc32)OC(CO)[C@H]1O. The number of anilines is 1. The molecule has 0 bridgehead atoms. The monoisotopic (exact) mass is 380 g/mol. The normalized spacial score (nSPS) is 26.9. The zero-order valence-corrected chi connectivity index (χ0v) is 15.1. The van der Waals surface area contributed by atoms with Crippen LogP contribution < -0.4 is 5.73 Å². The van der Waals surface area contributed by atoms with Crippen LogP contribution in [0.2, 0.25) is 0 Å². The first-order valence-corrected chi connectivity index (χ1v) is 8.78. The summed E-state index contributed by atoms with van der Waals surface area (Å²) in [7, 11) is 0. The van der Waals surface area contributed by atoms with E-state index in [0.717, 1.165) is 5.56 Å². The summed E-state index contributed by atoms with van der Waals surface area (Å²) in [4.78, 5) is 8.31. The zero-order chi connectivity index (χ0) is 19.9. The van der Waals surface area contributed by atoms with Gasteiger partial charge < -0.3 is 30.4 Å². The van der Waals surface area contributed by atoms with Crippen LogP contribution in [0.4, 0.5) is 5.82 Å². The Kier molecular flexibility index (Phi) is 4.53. The maximum atomic E-state index is 10.8. The number of nitrogens with zero attached hydrogens (tertiary/aromatic N) is 3. The summed E-state index contributed by atoms with van der Waals surface area (Å²) in [6.45, 7) is 1.02. The molecule has 4 atom stereocenters. The van der Waals surface area contributed by atoms with Crippen LogP contribution >= 0.6 is 0 Å². The van der Waals surface area contributed by atoms with Crippen LogP contribution in [0.15, 0.2) is 42.9 Å². The lowest BCUT2D eigenvalue weighted by molar-refractivity contribution is -0.0948. The highest BCUT2D eigenvalue weighted by Gasteiger charge is 2.53. The van der Waals surface area contributed by atoms with Crippen LogP contribution in [0.25, 0.3) is 11.0 Å². The van der Waals surface area contributed by atoms with Crippen molar-refractivity contribution in [2.75, 3.05) is 12.3 Å². The molecular weight excluding hydrogens is 360 g/mol. The fraction of sp³-hybridized carbons (Fsp3) is 0.300. The first kappa shape index (κ1) is 18.4. The maximum Gasteiger partial charge on any atom is 0.167 e. The molecule has 8 nitrogen and oxygen atoms in total. The van der Waals surface area contributed by atoms with E-state index >= 15 is 0 Å². The Hall–Kier alpha value is -2.96. The standard InChI is InChI=1S/C20H20N4O4/c1-20(27)16(26)14(10-25)28-19(20)24-9-13(8-7-12-5-3-2-4-6-12)15-17(21)22-11-23-18(15)24/h2-6,9,11,14,16,19,25-27H,10H2,1H3,(H2,21,22,23)/t14?,16-,19?,20-/m1/s1. The van der Waals surface area contributed by atoms with Crippen LogP contribution in [-0.4, -0.2) is 54.3 Å². The van der Waals surface area contributed by atoms with Gasteiger partial charge in [-0.3, -0.25) is 0 Å². The number of benzene rings is 1. The number of ether oxygens (including phenoxy) is 1. The number of nitrogen functional groups attached to an aromatic ring is 1. The van der Waals surface area contributed by atoms with Crippen LogP contribution in [-0.2, 0) is 4.74 Å². The minimum absolute atomic E-state index is 0.248. The molecule has 0 radical (unpaired) electrons. The van der Waals surface area contributed by atoms with Gasteiger partial charge in [-0.05, 0) is 19.1 Å². The molecule has 2 unspecified atom stereocenters. The topological polar surface area (TPSA) is 127 Å². The zero-order valence-electron chi connectivity index (χ0n) is 15.1.